The van der Waals surface area contributed by atoms with Crippen LogP contribution in [0.15, 0.2) is 46.0 Å². The number of nitrogens with zero attached hydrogens (tertiary/aromatic N) is 1. The Morgan fingerprint density at radius 3 is 2.52 bits per heavy atom. The van der Waals surface area contributed by atoms with E-state index in [2.05, 4.69) is 0 Å². The maximum atomic E-state index is 12.6. The highest BCUT2D eigenvalue weighted by atomic mass is 32.2. The summed E-state index contributed by atoms with van der Waals surface area (Å²) in [6.07, 6.45) is 0.128. The van der Waals surface area contributed by atoms with Gasteiger partial charge in [0, 0.05) is 6.54 Å². The van der Waals surface area contributed by atoms with Gasteiger partial charge in [-0.3, -0.25) is 0 Å². The minimum Gasteiger partial charge on any atom is -0.548 e. The Kier molecular flexibility index (Phi) is 3.56. The lowest BCUT2D eigenvalue weighted by Crippen LogP contribution is -2.53. The number of hydrogen-bond acceptors (Lipinski definition) is 5. The van der Waals surface area contributed by atoms with E-state index in [1.165, 1.54) is 6.07 Å². The van der Waals surface area contributed by atoms with Crippen LogP contribution in [-0.4, -0.2) is 24.7 Å². The standard InChI is InChI=1S/C14H13NO4S2/c16-14(17)12-8-10-4-1-2-5-11(10)9-15(12)21(18,19)13-6-3-7-20-13/h1-7,12H,8-9H2,(H,16,17)/p-1/t12-/m0/s1. The van der Waals surface area contributed by atoms with Crippen molar-refractivity contribution >= 4 is 27.3 Å². The van der Waals surface area contributed by atoms with E-state index in [1.807, 2.05) is 24.3 Å². The fourth-order valence-corrected chi connectivity index (χ4v) is 5.15. The van der Waals surface area contributed by atoms with Crippen molar-refractivity contribution in [2.45, 2.75) is 23.2 Å². The van der Waals surface area contributed by atoms with Crippen LogP contribution in [0.5, 0.6) is 0 Å². The number of carbonyl (C=O) groups excluding carboxylic acids is 1. The fourth-order valence-electron chi connectivity index (χ4n) is 2.48. The molecule has 0 unspecified atom stereocenters. The average Bonchev–Trinajstić information content (AvgIpc) is 3.00. The van der Waals surface area contributed by atoms with Gasteiger partial charge < -0.3 is 9.90 Å². The molecule has 0 N–H and O–H groups in total. The molecule has 1 aromatic heterocycles. The number of aliphatic carboxylic acids is 1. The Labute approximate surface area is 126 Å². The number of carbonyl (C=O) groups is 1. The molecule has 0 bridgehead atoms. The first-order valence-electron chi connectivity index (χ1n) is 6.33. The van der Waals surface area contributed by atoms with Crippen LogP contribution < -0.4 is 5.11 Å². The fraction of sp³-hybridized carbons (Fsp3) is 0.214. The number of sulfonamides is 1. The Bertz CT molecular complexity index is 768. The molecule has 1 aliphatic heterocycles. The maximum Gasteiger partial charge on any atom is 0.253 e. The summed E-state index contributed by atoms with van der Waals surface area (Å²) in [5, 5.41) is 13.0. The first kappa shape index (κ1) is 14.2. The molecule has 1 aliphatic rings. The quantitative estimate of drug-likeness (QED) is 0.830. The maximum absolute atomic E-state index is 12.6. The number of benzene rings is 1. The van der Waals surface area contributed by atoms with Gasteiger partial charge in [0.25, 0.3) is 10.0 Å². The normalized spacial score (nSPS) is 19.1. The third kappa shape index (κ3) is 2.48. The SMILES string of the molecule is O=C([O-])[C@@H]1Cc2ccccc2CN1S(=O)(=O)c1cccs1. The molecule has 0 spiro atoms. The van der Waals surface area contributed by atoms with Crippen LogP contribution in [-0.2, 0) is 27.8 Å². The van der Waals surface area contributed by atoms with Gasteiger partial charge in [0.15, 0.2) is 0 Å². The highest BCUT2D eigenvalue weighted by Crippen LogP contribution is 2.30. The van der Waals surface area contributed by atoms with E-state index in [9.17, 15) is 18.3 Å². The lowest BCUT2D eigenvalue weighted by atomic mass is 9.96. The molecule has 2 heterocycles. The van der Waals surface area contributed by atoms with Crippen molar-refractivity contribution in [2.75, 3.05) is 0 Å². The summed E-state index contributed by atoms with van der Waals surface area (Å²) in [5.74, 6) is -1.37. The molecule has 0 fully saturated rings. The first-order chi connectivity index (χ1) is 10.00. The second-order valence-corrected chi connectivity index (χ2v) is 7.86. The van der Waals surface area contributed by atoms with Crippen LogP contribution >= 0.6 is 11.3 Å². The second-order valence-electron chi connectivity index (χ2n) is 4.79. The Balaban J connectivity index is 2.06. The summed E-state index contributed by atoms with van der Waals surface area (Å²) in [6.45, 7) is 0.0506. The summed E-state index contributed by atoms with van der Waals surface area (Å²) < 4.78 is 26.4. The molecule has 1 aromatic carbocycles. The topological polar surface area (TPSA) is 77.5 Å². The summed E-state index contributed by atoms with van der Waals surface area (Å²) >= 11 is 1.08. The van der Waals surface area contributed by atoms with E-state index in [4.69, 9.17) is 0 Å². The second kappa shape index (κ2) is 5.25. The van der Waals surface area contributed by atoms with E-state index in [0.29, 0.717) is 0 Å². The van der Waals surface area contributed by atoms with Crippen LogP contribution in [0.3, 0.4) is 0 Å². The molecule has 7 heteroatoms. The van der Waals surface area contributed by atoms with Crippen molar-refractivity contribution < 1.29 is 18.3 Å². The van der Waals surface area contributed by atoms with Gasteiger partial charge in [-0.2, -0.15) is 4.31 Å². The lowest BCUT2D eigenvalue weighted by Gasteiger charge is -2.36. The molecule has 3 rings (SSSR count). The van der Waals surface area contributed by atoms with Gasteiger partial charge >= 0.3 is 0 Å². The van der Waals surface area contributed by atoms with Gasteiger partial charge in [-0.05, 0) is 29.0 Å². The first-order valence-corrected chi connectivity index (χ1v) is 8.65. The predicted molar refractivity (Wildman–Crippen MR) is 76.0 cm³/mol. The van der Waals surface area contributed by atoms with E-state index >= 15 is 0 Å². The summed E-state index contributed by atoms with van der Waals surface area (Å²) in [4.78, 5) is 11.4. The number of rotatable bonds is 3. The van der Waals surface area contributed by atoms with Gasteiger partial charge in [0.1, 0.15) is 4.21 Å². The van der Waals surface area contributed by atoms with Crippen LogP contribution in [0.4, 0.5) is 0 Å². The van der Waals surface area contributed by atoms with Crippen molar-refractivity contribution in [2.24, 2.45) is 0 Å². The molecule has 0 aliphatic carbocycles. The molecular formula is C14H12NO4S2-. The van der Waals surface area contributed by atoms with Crippen LogP contribution in [0, 0.1) is 0 Å². The molecule has 0 saturated heterocycles. The van der Waals surface area contributed by atoms with Crippen LogP contribution in [0.2, 0.25) is 0 Å². The van der Waals surface area contributed by atoms with Gasteiger partial charge in [0.2, 0.25) is 0 Å². The number of carboxylic acid groups (broad SMARTS) is 1. The third-order valence-corrected chi connectivity index (χ3v) is 6.76. The largest absolute Gasteiger partial charge is 0.548 e. The molecule has 110 valence electrons. The highest BCUT2D eigenvalue weighted by molar-refractivity contribution is 7.91. The van der Waals surface area contributed by atoms with Gasteiger partial charge in [-0.15, -0.1) is 11.3 Å². The molecule has 5 nitrogen and oxygen atoms in total. The highest BCUT2D eigenvalue weighted by Gasteiger charge is 2.36. The van der Waals surface area contributed by atoms with Crippen molar-refractivity contribution in [3.05, 3.63) is 52.9 Å². The van der Waals surface area contributed by atoms with Gasteiger partial charge in [-0.1, -0.05) is 30.3 Å². The monoisotopic (exact) mass is 322 g/mol. The molecule has 0 saturated carbocycles. The van der Waals surface area contributed by atoms with E-state index in [0.717, 1.165) is 26.8 Å². The minimum atomic E-state index is -3.82. The predicted octanol–water partition coefficient (Wildman–Crippen LogP) is 0.614. The summed E-state index contributed by atoms with van der Waals surface area (Å²) in [7, 11) is -3.82. The van der Waals surface area contributed by atoms with Crippen LogP contribution in [0.1, 0.15) is 11.1 Å². The molecule has 21 heavy (non-hydrogen) atoms. The van der Waals surface area contributed by atoms with E-state index in [1.54, 1.807) is 11.4 Å². The Hall–Kier alpha value is -1.70. The smallest absolute Gasteiger partial charge is 0.253 e. The van der Waals surface area contributed by atoms with Crippen molar-refractivity contribution in [1.82, 2.24) is 4.31 Å². The van der Waals surface area contributed by atoms with Gasteiger partial charge in [-0.25, -0.2) is 8.42 Å². The average molecular weight is 322 g/mol. The zero-order chi connectivity index (χ0) is 15.0. The number of fused-ring (bicyclic) bond motifs is 1. The van der Waals surface area contributed by atoms with Gasteiger partial charge in [0.05, 0.1) is 12.0 Å². The molecule has 0 radical (unpaired) electrons. The number of carboxylic acids is 1. The Morgan fingerprint density at radius 1 is 1.19 bits per heavy atom. The van der Waals surface area contributed by atoms with Crippen molar-refractivity contribution in [1.29, 1.82) is 0 Å². The summed E-state index contributed by atoms with van der Waals surface area (Å²) in [5.41, 5.74) is 1.68. The van der Waals surface area contributed by atoms with Crippen molar-refractivity contribution in [3.8, 4) is 0 Å². The Morgan fingerprint density at radius 2 is 1.90 bits per heavy atom. The zero-order valence-corrected chi connectivity index (χ0v) is 12.6. The third-order valence-electron chi connectivity index (χ3n) is 3.54. The molecular weight excluding hydrogens is 310 g/mol. The minimum absolute atomic E-state index is 0.0506. The van der Waals surface area contributed by atoms with Crippen molar-refractivity contribution in [3.63, 3.8) is 0 Å². The van der Waals surface area contributed by atoms with E-state index in [-0.39, 0.29) is 17.2 Å². The summed E-state index contributed by atoms with van der Waals surface area (Å²) in [6, 6.07) is 9.20. The number of hydrogen-bond donors (Lipinski definition) is 0. The molecule has 0 amide bonds. The number of thiophene rings is 1. The molecule has 1 atom stereocenters. The molecule has 2 aromatic rings. The zero-order valence-electron chi connectivity index (χ0n) is 10.9. The lowest BCUT2D eigenvalue weighted by molar-refractivity contribution is -0.310. The van der Waals surface area contributed by atoms with Crippen LogP contribution in [0.25, 0.3) is 0 Å². The van der Waals surface area contributed by atoms with E-state index < -0.39 is 22.0 Å².